The number of carbonyl (C=O) groups is 1. The first-order valence-corrected chi connectivity index (χ1v) is 11.0. The number of hydrogen-bond acceptors (Lipinski definition) is 7. The fraction of sp³-hybridized carbons (Fsp3) is 0.400. The highest BCUT2D eigenvalue weighted by atomic mass is 35.5. The second-order valence-electron chi connectivity index (χ2n) is 7.03. The van der Waals surface area contributed by atoms with Crippen LogP contribution in [0.1, 0.15) is 18.4 Å². The molecule has 11 heteroatoms. The molecule has 1 aliphatic heterocycles. The van der Waals surface area contributed by atoms with Crippen LogP contribution in [0.4, 0.5) is 5.69 Å². The molecule has 0 aliphatic carbocycles. The maximum atomic E-state index is 12.8. The molecule has 0 radical (unpaired) electrons. The number of ether oxygens (including phenoxy) is 1. The van der Waals surface area contributed by atoms with E-state index < -0.39 is 17.1 Å². The summed E-state index contributed by atoms with van der Waals surface area (Å²) in [4.78, 5) is 41.6. The second-order valence-corrected chi connectivity index (χ2v) is 8.43. The number of hydrogen-bond donors (Lipinski definition) is 2. The molecule has 1 fully saturated rings. The standard InChI is InChI=1S/C20H23ClN4O5S/c1-24-18(27)16(19(28)25(2)20(24)29)17(23-13-7-5-12(21)6-8-13)31-11-15(26)22-10-14-4-3-9-30-14/h5-8,14,27H,3-4,9-11H2,1-2H3,(H,22,26). The maximum absolute atomic E-state index is 12.8. The number of aliphatic imine (C=N–C) groups is 1. The van der Waals surface area contributed by atoms with Gasteiger partial charge in [0.1, 0.15) is 10.6 Å². The van der Waals surface area contributed by atoms with Crippen molar-refractivity contribution in [1.29, 1.82) is 0 Å². The quantitative estimate of drug-likeness (QED) is 0.493. The number of rotatable bonds is 6. The van der Waals surface area contributed by atoms with Gasteiger partial charge in [0.2, 0.25) is 11.8 Å². The number of halogens is 1. The third-order valence-corrected chi connectivity index (χ3v) is 6.02. The smallest absolute Gasteiger partial charge is 0.333 e. The summed E-state index contributed by atoms with van der Waals surface area (Å²) in [7, 11) is 2.66. The van der Waals surface area contributed by atoms with Crippen molar-refractivity contribution in [3.05, 3.63) is 55.7 Å². The molecule has 1 aliphatic rings. The Morgan fingerprint density at radius 1 is 1.29 bits per heavy atom. The van der Waals surface area contributed by atoms with Gasteiger partial charge in [-0.1, -0.05) is 23.4 Å². The molecule has 166 valence electrons. The Bertz CT molecular complexity index is 1100. The number of nitrogens with zero attached hydrogens (tertiary/aromatic N) is 3. The molecule has 0 saturated carbocycles. The number of aromatic nitrogens is 2. The number of aromatic hydroxyl groups is 1. The highest BCUT2D eigenvalue weighted by Gasteiger charge is 2.22. The SMILES string of the molecule is Cn1c(O)c(C(=Nc2ccc(Cl)cc2)SCC(=O)NCC2CCCO2)c(=O)n(C)c1=O. The van der Waals surface area contributed by atoms with E-state index in [9.17, 15) is 19.5 Å². The topological polar surface area (TPSA) is 115 Å². The number of benzene rings is 1. The Balaban J connectivity index is 1.89. The second kappa shape index (κ2) is 10.2. The van der Waals surface area contributed by atoms with E-state index in [1.807, 2.05) is 0 Å². The predicted octanol–water partition coefficient (Wildman–Crippen LogP) is 1.55. The minimum absolute atomic E-state index is 0.0103. The summed E-state index contributed by atoms with van der Waals surface area (Å²) in [6.45, 7) is 1.11. The summed E-state index contributed by atoms with van der Waals surface area (Å²) in [5.74, 6) is -0.816. The lowest BCUT2D eigenvalue weighted by Crippen LogP contribution is -2.40. The normalized spacial score (nSPS) is 16.5. The van der Waals surface area contributed by atoms with E-state index in [4.69, 9.17) is 16.3 Å². The van der Waals surface area contributed by atoms with Crippen LogP contribution < -0.4 is 16.6 Å². The molecule has 9 nitrogen and oxygen atoms in total. The van der Waals surface area contributed by atoms with E-state index in [0.29, 0.717) is 23.9 Å². The van der Waals surface area contributed by atoms with Crippen molar-refractivity contribution in [2.24, 2.45) is 19.1 Å². The number of carbonyl (C=O) groups excluding carboxylic acids is 1. The Kier molecular flexibility index (Phi) is 7.58. The van der Waals surface area contributed by atoms with Crippen molar-refractivity contribution in [3.8, 4) is 5.88 Å². The summed E-state index contributed by atoms with van der Waals surface area (Å²) in [6, 6.07) is 6.55. The molecule has 1 atom stereocenters. The monoisotopic (exact) mass is 466 g/mol. The molecule has 1 amide bonds. The zero-order valence-electron chi connectivity index (χ0n) is 17.1. The van der Waals surface area contributed by atoms with Crippen molar-refractivity contribution in [1.82, 2.24) is 14.5 Å². The number of thioether (sulfide) groups is 1. The van der Waals surface area contributed by atoms with E-state index in [2.05, 4.69) is 10.3 Å². The largest absolute Gasteiger partial charge is 0.494 e. The lowest BCUT2D eigenvalue weighted by Gasteiger charge is -2.13. The van der Waals surface area contributed by atoms with Crippen LogP contribution in [0, 0.1) is 0 Å². The van der Waals surface area contributed by atoms with E-state index in [0.717, 1.165) is 33.7 Å². The molecular formula is C20H23ClN4O5S. The predicted molar refractivity (Wildman–Crippen MR) is 121 cm³/mol. The molecule has 31 heavy (non-hydrogen) atoms. The summed E-state index contributed by atoms with van der Waals surface area (Å²) in [5, 5.41) is 13.9. The van der Waals surface area contributed by atoms with E-state index >= 15 is 0 Å². The average Bonchev–Trinajstić information content (AvgIpc) is 3.28. The van der Waals surface area contributed by atoms with Gasteiger partial charge >= 0.3 is 5.69 Å². The summed E-state index contributed by atoms with van der Waals surface area (Å²) >= 11 is 6.91. The first kappa shape index (κ1) is 23.1. The molecule has 1 aromatic heterocycles. The van der Waals surface area contributed by atoms with Crippen LogP contribution in [-0.2, 0) is 23.6 Å². The molecule has 2 N–H and O–H groups in total. The zero-order valence-corrected chi connectivity index (χ0v) is 18.7. The van der Waals surface area contributed by atoms with E-state index in [1.54, 1.807) is 24.3 Å². The molecule has 2 aromatic rings. The molecule has 1 unspecified atom stereocenters. The Hall–Kier alpha value is -2.56. The third kappa shape index (κ3) is 5.57. The Morgan fingerprint density at radius 3 is 2.65 bits per heavy atom. The zero-order chi connectivity index (χ0) is 22.5. The highest BCUT2D eigenvalue weighted by molar-refractivity contribution is 8.15. The van der Waals surface area contributed by atoms with Gasteiger partial charge in [-0.25, -0.2) is 9.79 Å². The summed E-state index contributed by atoms with van der Waals surface area (Å²) < 4.78 is 7.32. The van der Waals surface area contributed by atoms with Crippen molar-refractivity contribution < 1.29 is 14.6 Å². The average molecular weight is 467 g/mol. The lowest BCUT2D eigenvalue weighted by atomic mass is 10.2. The first-order chi connectivity index (χ1) is 14.8. The Morgan fingerprint density at radius 2 is 2.00 bits per heavy atom. The fourth-order valence-electron chi connectivity index (χ4n) is 3.03. The van der Waals surface area contributed by atoms with E-state index in [-0.39, 0.29) is 28.4 Å². The minimum Gasteiger partial charge on any atom is -0.494 e. The Labute approximate surface area is 187 Å². The van der Waals surface area contributed by atoms with Gasteiger partial charge in [0.05, 0.1) is 17.5 Å². The van der Waals surface area contributed by atoms with Crippen LogP contribution in [0.3, 0.4) is 0 Å². The first-order valence-electron chi connectivity index (χ1n) is 9.62. The molecule has 3 rings (SSSR count). The molecule has 0 spiro atoms. The third-order valence-electron chi connectivity index (χ3n) is 4.80. The summed E-state index contributed by atoms with van der Waals surface area (Å²) in [6.07, 6.45) is 1.89. The molecular weight excluding hydrogens is 444 g/mol. The van der Waals surface area contributed by atoms with Crippen LogP contribution in [-0.4, -0.2) is 50.2 Å². The van der Waals surface area contributed by atoms with E-state index in [1.165, 1.54) is 14.1 Å². The maximum Gasteiger partial charge on any atom is 0.333 e. The van der Waals surface area contributed by atoms with Gasteiger partial charge in [0.15, 0.2) is 0 Å². The minimum atomic E-state index is -0.708. The van der Waals surface area contributed by atoms with Crippen LogP contribution in [0.5, 0.6) is 5.88 Å². The van der Waals surface area contributed by atoms with Crippen LogP contribution in [0.2, 0.25) is 5.02 Å². The van der Waals surface area contributed by atoms with Gasteiger partial charge in [-0.3, -0.25) is 18.7 Å². The van der Waals surface area contributed by atoms with Gasteiger partial charge in [0.25, 0.3) is 5.56 Å². The molecule has 1 aromatic carbocycles. The van der Waals surface area contributed by atoms with Gasteiger partial charge < -0.3 is 15.2 Å². The van der Waals surface area contributed by atoms with Crippen LogP contribution in [0.15, 0.2) is 38.8 Å². The van der Waals surface area contributed by atoms with Crippen molar-refractivity contribution in [2.75, 3.05) is 18.9 Å². The van der Waals surface area contributed by atoms with Crippen LogP contribution in [0.25, 0.3) is 0 Å². The molecule has 1 saturated heterocycles. The number of nitrogens with one attached hydrogen (secondary N) is 1. The van der Waals surface area contributed by atoms with Gasteiger partial charge in [-0.05, 0) is 37.1 Å². The van der Waals surface area contributed by atoms with Crippen molar-refractivity contribution in [3.63, 3.8) is 0 Å². The highest BCUT2D eigenvalue weighted by Crippen LogP contribution is 2.24. The van der Waals surface area contributed by atoms with Crippen molar-refractivity contribution in [2.45, 2.75) is 18.9 Å². The lowest BCUT2D eigenvalue weighted by molar-refractivity contribution is -0.119. The van der Waals surface area contributed by atoms with Gasteiger partial charge in [-0.15, -0.1) is 0 Å². The number of amides is 1. The molecule has 0 bridgehead atoms. The fourth-order valence-corrected chi connectivity index (χ4v) is 4.02. The van der Waals surface area contributed by atoms with Crippen LogP contribution >= 0.6 is 23.4 Å². The molecule has 2 heterocycles. The van der Waals surface area contributed by atoms with Gasteiger partial charge in [-0.2, -0.15) is 0 Å². The van der Waals surface area contributed by atoms with Gasteiger partial charge in [0, 0.05) is 32.3 Å². The van der Waals surface area contributed by atoms with Crippen molar-refractivity contribution >= 4 is 40.0 Å². The summed E-state index contributed by atoms with van der Waals surface area (Å²) in [5.41, 5.74) is -1.06.